The Labute approximate surface area is 204 Å². The van der Waals surface area contributed by atoms with Crippen molar-refractivity contribution < 1.29 is 40.1 Å². The number of carboxylic acid groups (broad SMARTS) is 1. The average Bonchev–Trinajstić information content (AvgIpc) is 2.78. The van der Waals surface area contributed by atoms with Crippen molar-refractivity contribution in [3.8, 4) is 0 Å². The third-order valence-electron chi connectivity index (χ3n) is 5.69. The molecule has 0 bridgehead atoms. The Balaban J connectivity index is 0.00000385. The summed E-state index contributed by atoms with van der Waals surface area (Å²) in [4.78, 5) is 10.7. The van der Waals surface area contributed by atoms with Crippen LogP contribution in [0.3, 0.4) is 0 Å². The summed E-state index contributed by atoms with van der Waals surface area (Å²) in [6, 6.07) is 19.3. The molecule has 176 valence electrons. The average molecular weight is 539 g/mol. The topological polar surface area (TPSA) is 37.3 Å². The zero-order chi connectivity index (χ0) is 23.0. The van der Waals surface area contributed by atoms with Crippen LogP contribution in [0.2, 0.25) is 0 Å². The lowest BCUT2D eigenvalue weighted by atomic mass is 10.1. The number of carboxylic acids is 1. The van der Waals surface area contributed by atoms with Crippen LogP contribution in [0.25, 0.3) is 0 Å². The fourth-order valence-corrected chi connectivity index (χ4v) is 8.42. The predicted octanol–water partition coefficient (Wildman–Crippen LogP) is 2.83. The molecule has 3 aromatic carbocycles. The van der Waals surface area contributed by atoms with E-state index in [2.05, 4.69) is 0 Å². The van der Waals surface area contributed by atoms with Gasteiger partial charge < -0.3 is 22.1 Å². The summed E-state index contributed by atoms with van der Waals surface area (Å²) in [5.74, 6) is -1.77. The largest absolute Gasteiger partial charge is 1.00 e. The van der Waals surface area contributed by atoms with Gasteiger partial charge in [0, 0.05) is 6.42 Å². The molecule has 0 spiro atoms. The Morgan fingerprint density at radius 3 is 1.30 bits per heavy atom. The minimum Gasteiger partial charge on any atom is -1.00 e. The van der Waals surface area contributed by atoms with Crippen molar-refractivity contribution in [2.75, 3.05) is 6.16 Å². The van der Waals surface area contributed by atoms with Crippen molar-refractivity contribution in [1.29, 1.82) is 0 Å². The summed E-state index contributed by atoms with van der Waals surface area (Å²) in [6.07, 6.45) is 5.17. The van der Waals surface area contributed by atoms with Crippen molar-refractivity contribution in [1.82, 2.24) is 0 Å². The molecule has 0 aromatic heterocycles. The summed E-state index contributed by atoms with van der Waals surface area (Å²) in [5.41, 5.74) is 0. The van der Waals surface area contributed by atoms with Crippen molar-refractivity contribution >= 4 is 29.1 Å². The number of unbranched alkanes of at least 4 members (excludes halogenated alkanes) is 4. The molecule has 33 heavy (non-hydrogen) atoms. The quantitative estimate of drug-likeness (QED) is 0.301. The molecule has 0 aliphatic carbocycles. The SMILES string of the molecule is O=C(O)CCCCCCC[P+](c1ccc(F)cc1)(c1ccc(F)cc1)c1ccc(F)cc1.[Br-]. The molecule has 2 nitrogen and oxygen atoms in total. The first-order chi connectivity index (χ1) is 15.4. The lowest BCUT2D eigenvalue weighted by Crippen LogP contribution is -3.00. The molecular formula is C26H27BrF3O2P. The first-order valence-corrected chi connectivity index (χ1v) is 12.8. The zero-order valence-corrected chi connectivity index (χ0v) is 20.7. The summed E-state index contributed by atoms with van der Waals surface area (Å²) in [6.45, 7) is 0. The Morgan fingerprint density at radius 1 is 0.606 bits per heavy atom. The molecule has 0 heterocycles. The number of hydrogen-bond acceptors (Lipinski definition) is 1. The Hall–Kier alpha value is -2.17. The maximum absolute atomic E-state index is 13.7. The van der Waals surface area contributed by atoms with Gasteiger partial charge in [0.05, 0.1) is 6.16 Å². The van der Waals surface area contributed by atoms with Gasteiger partial charge in [0.15, 0.2) is 0 Å². The van der Waals surface area contributed by atoms with Crippen LogP contribution in [0.1, 0.15) is 38.5 Å². The smallest absolute Gasteiger partial charge is 0.303 e. The van der Waals surface area contributed by atoms with E-state index in [0.29, 0.717) is 6.42 Å². The minimum absolute atomic E-state index is 0. The minimum atomic E-state index is -2.28. The van der Waals surface area contributed by atoms with E-state index in [4.69, 9.17) is 5.11 Å². The Bertz CT molecular complexity index is 898. The van der Waals surface area contributed by atoms with Crippen LogP contribution >= 0.6 is 7.26 Å². The van der Waals surface area contributed by atoms with Gasteiger partial charge in [-0.05, 0) is 92.1 Å². The van der Waals surface area contributed by atoms with Crippen molar-refractivity contribution in [3.05, 3.63) is 90.2 Å². The molecule has 7 heteroatoms. The molecule has 0 radical (unpaired) electrons. The van der Waals surface area contributed by atoms with Gasteiger partial charge in [-0.15, -0.1) is 0 Å². The maximum Gasteiger partial charge on any atom is 0.303 e. The van der Waals surface area contributed by atoms with Gasteiger partial charge in [0.1, 0.15) is 40.6 Å². The predicted molar refractivity (Wildman–Crippen MR) is 125 cm³/mol. The fraction of sp³-hybridized carbons (Fsp3) is 0.269. The van der Waals surface area contributed by atoms with Gasteiger partial charge in [-0.25, -0.2) is 13.2 Å². The van der Waals surface area contributed by atoms with Gasteiger partial charge in [-0.3, -0.25) is 4.79 Å². The van der Waals surface area contributed by atoms with Crippen LogP contribution in [0, 0.1) is 17.5 Å². The van der Waals surface area contributed by atoms with E-state index in [0.717, 1.165) is 47.8 Å². The first kappa shape index (κ1) is 27.1. The number of hydrogen-bond donors (Lipinski definition) is 1. The highest BCUT2D eigenvalue weighted by atomic mass is 79.9. The molecule has 3 rings (SSSR count). The maximum atomic E-state index is 13.7. The monoisotopic (exact) mass is 538 g/mol. The van der Waals surface area contributed by atoms with E-state index in [1.807, 2.05) is 0 Å². The number of aliphatic carboxylic acids is 1. The summed E-state index contributed by atoms with van der Waals surface area (Å²) in [5, 5.41) is 11.7. The summed E-state index contributed by atoms with van der Waals surface area (Å²) >= 11 is 0. The zero-order valence-electron chi connectivity index (χ0n) is 18.2. The van der Waals surface area contributed by atoms with Crippen LogP contribution in [0.5, 0.6) is 0 Å². The molecule has 1 N–H and O–H groups in total. The van der Waals surface area contributed by atoms with E-state index < -0.39 is 13.2 Å². The Morgan fingerprint density at radius 2 is 0.939 bits per heavy atom. The second-order valence-corrected chi connectivity index (χ2v) is 11.5. The van der Waals surface area contributed by atoms with Gasteiger partial charge in [-0.2, -0.15) is 0 Å². The summed E-state index contributed by atoms with van der Waals surface area (Å²) < 4.78 is 41.2. The fourth-order valence-electron chi connectivity index (χ4n) is 4.08. The third-order valence-corrected chi connectivity index (χ3v) is 10.2. The molecule has 0 saturated carbocycles. The first-order valence-electron chi connectivity index (χ1n) is 10.8. The van der Waals surface area contributed by atoms with E-state index in [1.165, 1.54) is 36.4 Å². The van der Waals surface area contributed by atoms with Crippen LogP contribution in [0.15, 0.2) is 72.8 Å². The highest BCUT2D eigenvalue weighted by Gasteiger charge is 2.44. The number of carbonyl (C=O) groups is 1. The molecule has 0 aliphatic heterocycles. The van der Waals surface area contributed by atoms with E-state index in [1.54, 1.807) is 36.4 Å². The highest BCUT2D eigenvalue weighted by Crippen LogP contribution is 2.56. The standard InChI is InChI=1S/C26H26F3O2P.BrH/c27-20-7-13-23(14-8-20)32(24-15-9-21(28)10-16-24,25-17-11-22(29)12-18-25)19-5-3-1-2-4-6-26(30)31;/h7-18H,1-6,19H2;1H. The second kappa shape index (κ2) is 12.9. The third kappa shape index (κ3) is 7.15. The normalized spacial score (nSPS) is 11.1. The van der Waals surface area contributed by atoms with Crippen LogP contribution in [-0.2, 0) is 4.79 Å². The second-order valence-electron chi connectivity index (χ2n) is 7.87. The van der Waals surface area contributed by atoms with E-state index in [-0.39, 0.29) is 40.9 Å². The molecule has 0 saturated heterocycles. The van der Waals surface area contributed by atoms with Crippen molar-refractivity contribution in [2.45, 2.75) is 38.5 Å². The number of halogens is 4. The molecule has 0 fully saturated rings. The molecule has 0 atom stereocenters. The molecule has 0 unspecified atom stereocenters. The number of rotatable bonds is 11. The van der Waals surface area contributed by atoms with Crippen LogP contribution < -0.4 is 32.9 Å². The lowest BCUT2D eigenvalue weighted by molar-refractivity contribution is -0.137. The van der Waals surface area contributed by atoms with Gasteiger partial charge in [-0.1, -0.05) is 12.8 Å². The molecule has 3 aromatic rings. The number of benzene rings is 3. The van der Waals surface area contributed by atoms with Crippen LogP contribution in [-0.4, -0.2) is 17.2 Å². The Kier molecular flexibility index (Phi) is 10.6. The summed E-state index contributed by atoms with van der Waals surface area (Å²) in [7, 11) is -2.28. The lowest BCUT2D eigenvalue weighted by Gasteiger charge is -2.28. The van der Waals surface area contributed by atoms with Gasteiger partial charge in [0.25, 0.3) is 0 Å². The van der Waals surface area contributed by atoms with Gasteiger partial charge in [0.2, 0.25) is 0 Å². The van der Waals surface area contributed by atoms with Gasteiger partial charge >= 0.3 is 5.97 Å². The van der Waals surface area contributed by atoms with Crippen LogP contribution in [0.4, 0.5) is 13.2 Å². The molecular weight excluding hydrogens is 512 g/mol. The highest BCUT2D eigenvalue weighted by molar-refractivity contribution is 7.95. The van der Waals surface area contributed by atoms with E-state index >= 15 is 0 Å². The molecule has 0 amide bonds. The molecule has 0 aliphatic rings. The van der Waals surface area contributed by atoms with E-state index in [9.17, 15) is 18.0 Å². The van der Waals surface area contributed by atoms with Crippen molar-refractivity contribution in [2.24, 2.45) is 0 Å². The van der Waals surface area contributed by atoms with Crippen molar-refractivity contribution in [3.63, 3.8) is 0 Å².